The molecule has 3 aromatic rings. The molecule has 0 bridgehead atoms. The zero-order valence-corrected chi connectivity index (χ0v) is 16.5. The lowest BCUT2D eigenvalue weighted by Crippen LogP contribution is -2.31. The smallest absolute Gasteiger partial charge is 0.251 e. The number of carbonyl (C=O) groups excluding carboxylic acids is 1. The van der Waals surface area contributed by atoms with Gasteiger partial charge in [-0.3, -0.25) is 4.79 Å². The number of furan rings is 1. The Morgan fingerprint density at radius 3 is 2.36 bits per heavy atom. The number of ether oxygens (including phenoxy) is 1. The molecule has 0 aliphatic carbocycles. The van der Waals surface area contributed by atoms with E-state index in [0.717, 1.165) is 0 Å². The summed E-state index contributed by atoms with van der Waals surface area (Å²) in [6.45, 7) is -0.149. The maximum atomic E-state index is 13.2. The van der Waals surface area contributed by atoms with Crippen LogP contribution in [0.15, 0.2) is 76.2 Å². The van der Waals surface area contributed by atoms with Crippen molar-refractivity contribution in [2.45, 2.75) is 10.1 Å². The summed E-state index contributed by atoms with van der Waals surface area (Å²) in [4.78, 5) is 12.5. The minimum absolute atomic E-state index is 0.107. The number of methoxy groups -OCH3 is 1. The van der Waals surface area contributed by atoms with Crippen LogP contribution in [0, 0.1) is 0 Å². The zero-order valence-electron chi connectivity index (χ0n) is 15.0. The van der Waals surface area contributed by atoms with E-state index >= 15 is 0 Å². The van der Waals surface area contributed by atoms with E-state index in [1.807, 2.05) is 0 Å². The molecule has 6 nitrogen and oxygen atoms in total. The molecule has 1 aromatic heterocycles. The average molecular weight is 420 g/mol. The molecule has 3 rings (SSSR count). The summed E-state index contributed by atoms with van der Waals surface area (Å²) >= 11 is 5.83. The number of amides is 1. The highest BCUT2D eigenvalue weighted by molar-refractivity contribution is 7.91. The van der Waals surface area contributed by atoms with Crippen molar-refractivity contribution in [2.75, 3.05) is 13.7 Å². The second kappa shape index (κ2) is 8.50. The van der Waals surface area contributed by atoms with Gasteiger partial charge >= 0.3 is 0 Å². The summed E-state index contributed by atoms with van der Waals surface area (Å²) in [7, 11) is -2.32. The van der Waals surface area contributed by atoms with Gasteiger partial charge in [-0.15, -0.1) is 0 Å². The molecule has 1 amide bonds. The molecule has 2 aromatic carbocycles. The summed E-state index contributed by atoms with van der Waals surface area (Å²) in [5.74, 6) is 0.384. The molecule has 0 aliphatic rings. The van der Waals surface area contributed by atoms with Gasteiger partial charge in [-0.2, -0.15) is 0 Å². The van der Waals surface area contributed by atoms with E-state index in [2.05, 4.69) is 5.32 Å². The summed E-state index contributed by atoms with van der Waals surface area (Å²) in [5, 5.41) is 2.09. The lowest BCUT2D eigenvalue weighted by molar-refractivity contribution is 0.0953. The second-order valence-electron chi connectivity index (χ2n) is 5.94. The first-order chi connectivity index (χ1) is 13.4. The largest absolute Gasteiger partial charge is 0.497 e. The molecule has 1 atom stereocenters. The number of halogens is 1. The highest BCUT2D eigenvalue weighted by Gasteiger charge is 2.32. The first kappa shape index (κ1) is 20.0. The van der Waals surface area contributed by atoms with Crippen molar-refractivity contribution >= 4 is 27.3 Å². The third-order valence-electron chi connectivity index (χ3n) is 4.18. The first-order valence-corrected chi connectivity index (χ1v) is 10.3. The highest BCUT2D eigenvalue weighted by Crippen LogP contribution is 2.30. The Morgan fingerprint density at radius 1 is 1.11 bits per heavy atom. The normalized spacial score (nSPS) is 12.4. The number of carbonyl (C=O) groups is 1. The predicted octanol–water partition coefficient (Wildman–Crippen LogP) is 3.89. The van der Waals surface area contributed by atoms with Crippen LogP contribution in [-0.2, 0) is 9.84 Å². The van der Waals surface area contributed by atoms with Gasteiger partial charge in [0.1, 0.15) is 16.8 Å². The molecule has 28 heavy (non-hydrogen) atoms. The van der Waals surface area contributed by atoms with Gasteiger partial charge in [-0.05, 0) is 60.7 Å². The molecular formula is C20H18ClNO5S. The third-order valence-corrected chi connectivity index (χ3v) is 6.51. The maximum absolute atomic E-state index is 13.2. The monoisotopic (exact) mass is 419 g/mol. The first-order valence-electron chi connectivity index (χ1n) is 8.37. The summed E-state index contributed by atoms with van der Waals surface area (Å²) in [6.07, 6.45) is 1.40. The van der Waals surface area contributed by atoms with Gasteiger partial charge in [0.2, 0.25) is 0 Å². The van der Waals surface area contributed by atoms with E-state index in [-0.39, 0.29) is 17.2 Å². The molecule has 146 valence electrons. The summed E-state index contributed by atoms with van der Waals surface area (Å²) in [5.41, 5.74) is 0.379. The molecular weight excluding hydrogens is 402 g/mol. The molecule has 0 saturated heterocycles. The van der Waals surface area contributed by atoms with Gasteiger partial charge in [-0.25, -0.2) is 8.42 Å². The summed E-state index contributed by atoms with van der Waals surface area (Å²) in [6, 6.07) is 15.6. The summed E-state index contributed by atoms with van der Waals surface area (Å²) < 4.78 is 36.7. The number of nitrogens with one attached hydrogen (secondary N) is 1. The zero-order chi connectivity index (χ0) is 20.1. The lowest BCUT2D eigenvalue weighted by atomic mass is 10.2. The Morgan fingerprint density at radius 2 is 1.79 bits per heavy atom. The van der Waals surface area contributed by atoms with Gasteiger partial charge in [-0.1, -0.05) is 11.6 Å². The van der Waals surface area contributed by atoms with Crippen molar-refractivity contribution in [3.8, 4) is 5.75 Å². The number of sulfone groups is 1. The maximum Gasteiger partial charge on any atom is 0.251 e. The molecule has 0 radical (unpaired) electrons. The fourth-order valence-corrected chi connectivity index (χ4v) is 4.37. The number of benzene rings is 2. The quantitative estimate of drug-likeness (QED) is 0.628. The van der Waals surface area contributed by atoms with E-state index in [9.17, 15) is 13.2 Å². The topological polar surface area (TPSA) is 85.6 Å². The lowest BCUT2D eigenvalue weighted by Gasteiger charge is -2.17. The van der Waals surface area contributed by atoms with E-state index in [1.54, 1.807) is 48.5 Å². The number of hydrogen-bond acceptors (Lipinski definition) is 5. The van der Waals surface area contributed by atoms with Crippen molar-refractivity contribution in [2.24, 2.45) is 0 Å². The molecule has 8 heteroatoms. The third kappa shape index (κ3) is 4.37. The fourth-order valence-electron chi connectivity index (χ4n) is 2.66. The van der Waals surface area contributed by atoms with E-state index in [4.69, 9.17) is 20.8 Å². The molecule has 0 fully saturated rings. The minimum Gasteiger partial charge on any atom is -0.497 e. The van der Waals surface area contributed by atoms with Crippen LogP contribution < -0.4 is 10.1 Å². The number of hydrogen-bond donors (Lipinski definition) is 1. The van der Waals surface area contributed by atoms with Gasteiger partial charge in [0.05, 0.1) is 18.3 Å². The highest BCUT2D eigenvalue weighted by atomic mass is 35.5. The molecule has 0 spiro atoms. The van der Waals surface area contributed by atoms with Crippen LogP contribution >= 0.6 is 11.6 Å². The van der Waals surface area contributed by atoms with Gasteiger partial charge in [0, 0.05) is 17.1 Å². The Hall–Kier alpha value is -2.77. The standard InChI is InChI=1S/C20H18ClNO5S/c1-26-16-8-10-17(11-9-16)28(24,25)19(18-3-2-12-27-18)13-22-20(23)14-4-6-15(21)7-5-14/h2-12,19H,13H2,1H3,(H,22,23)/t19-/m1/s1. The molecule has 1 N–H and O–H groups in total. The second-order valence-corrected chi connectivity index (χ2v) is 8.51. The van der Waals surface area contributed by atoms with Crippen LogP contribution in [0.2, 0.25) is 5.02 Å². The van der Waals surface area contributed by atoms with Crippen LogP contribution in [-0.4, -0.2) is 28.0 Å². The SMILES string of the molecule is COc1ccc(S(=O)(=O)[C@H](CNC(=O)c2ccc(Cl)cc2)c2ccco2)cc1. The molecule has 0 unspecified atom stereocenters. The van der Waals surface area contributed by atoms with Crippen LogP contribution in [0.5, 0.6) is 5.75 Å². The van der Waals surface area contributed by atoms with Crippen molar-refractivity contribution in [3.05, 3.63) is 83.3 Å². The van der Waals surface area contributed by atoms with Crippen molar-refractivity contribution < 1.29 is 22.4 Å². The van der Waals surface area contributed by atoms with E-state index in [0.29, 0.717) is 16.3 Å². The van der Waals surface area contributed by atoms with E-state index in [1.165, 1.54) is 25.5 Å². The Kier molecular flexibility index (Phi) is 6.06. The Balaban J connectivity index is 1.85. The van der Waals surface area contributed by atoms with Crippen LogP contribution in [0.4, 0.5) is 0 Å². The van der Waals surface area contributed by atoms with Crippen LogP contribution in [0.3, 0.4) is 0 Å². The van der Waals surface area contributed by atoms with Gasteiger partial charge in [0.15, 0.2) is 9.84 Å². The van der Waals surface area contributed by atoms with Crippen LogP contribution in [0.25, 0.3) is 0 Å². The van der Waals surface area contributed by atoms with Crippen molar-refractivity contribution in [3.63, 3.8) is 0 Å². The minimum atomic E-state index is -3.82. The van der Waals surface area contributed by atoms with Gasteiger partial charge < -0.3 is 14.5 Å². The Labute approximate surface area is 168 Å². The van der Waals surface area contributed by atoms with E-state index < -0.39 is 21.0 Å². The average Bonchev–Trinajstić information content (AvgIpc) is 3.22. The molecule has 0 aliphatic heterocycles. The predicted molar refractivity (Wildman–Crippen MR) is 105 cm³/mol. The van der Waals surface area contributed by atoms with Gasteiger partial charge in [0.25, 0.3) is 5.91 Å². The van der Waals surface area contributed by atoms with Crippen molar-refractivity contribution in [1.29, 1.82) is 0 Å². The fraction of sp³-hybridized carbons (Fsp3) is 0.150. The van der Waals surface area contributed by atoms with Crippen LogP contribution in [0.1, 0.15) is 21.4 Å². The molecule has 1 heterocycles. The molecule has 0 saturated carbocycles. The Bertz CT molecular complexity index is 1030. The number of rotatable bonds is 7. The van der Waals surface area contributed by atoms with Crippen molar-refractivity contribution in [1.82, 2.24) is 5.32 Å².